The summed E-state index contributed by atoms with van der Waals surface area (Å²) < 4.78 is 6.31. The number of ether oxygens (including phenoxy) is 1. The van der Waals surface area contributed by atoms with Gasteiger partial charge in [-0.05, 0) is 31.4 Å². The third-order valence-corrected chi connectivity index (χ3v) is 5.11. The Kier molecular flexibility index (Phi) is 6.30. The summed E-state index contributed by atoms with van der Waals surface area (Å²) in [5.41, 5.74) is 5.54. The number of amides is 1. The van der Waals surface area contributed by atoms with Crippen LogP contribution in [0.15, 0.2) is 39.9 Å². The van der Waals surface area contributed by atoms with E-state index in [0.29, 0.717) is 18.7 Å². The van der Waals surface area contributed by atoms with Gasteiger partial charge < -0.3 is 10.5 Å². The molecule has 1 amide bonds. The van der Waals surface area contributed by atoms with E-state index in [4.69, 9.17) is 10.5 Å². The number of nitrogens with two attached hydrogens (primary N) is 1. The lowest BCUT2D eigenvalue weighted by atomic mass is 10.1. The van der Waals surface area contributed by atoms with Crippen LogP contribution >= 0.6 is 0 Å². The summed E-state index contributed by atoms with van der Waals surface area (Å²) in [6, 6.07) is 8.94. The Morgan fingerprint density at radius 2 is 1.93 bits per heavy atom. The predicted octanol–water partition coefficient (Wildman–Crippen LogP) is 2.01. The fourth-order valence-electron chi connectivity index (χ4n) is 3.68. The first kappa shape index (κ1) is 19.9. The first-order valence-electron chi connectivity index (χ1n) is 9.55. The van der Waals surface area contributed by atoms with Gasteiger partial charge in [0.1, 0.15) is 5.82 Å². The minimum absolute atomic E-state index is 0.000108. The molecule has 1 fully saturated rings. The van der Waals surface area contributed by atoms with Gasteiger partial charge in [-0.25, -0.2) is 4.79 Å². The van der Waals surface area contributed by atoms with Crippen molar-refractivity contribution in [3.8, 4) is 0 Å². The van der Waals surface area contributed by atoms with Crippen molar-refractivity contribution >= 4 is 23.1 Å². The van der Waals surface area contributed by atoms with Gasteiger partial charge in [-0.15, -0.1) is 0 Å². The number of aromatic nitrogens is 2. The van der Waals surface area contributed by atoms with E-state index in [2.05, 4.69) is 4.98 Å². The predicted molar refractivity (Wildman–Crippen MR) is 108 cm³/mol. The number of hydrogen-bond donors (Lipinski definition) is 2. The van der Waals surface area contributed by atoms with Crippen LogP contribution in [0.2, 0.25) is 0 Å². The van der Waals surface area contributed by atoms with Gasteiger partial charge in [0.05, 0.1) is 0 Å². The summed E-state index contributed by atoms with van der Waals surface area (Å²) in [5.74, 6) is -0.337. The van der Waals surface area contributed by atoms with Crippen molar-refractivity contribution in [2.24, 2.45) is 5.92 Å². The van der Waals surface area contributed by atoms with Crippen molar-refractivity contribution in [2.75, 3.05) is 24.4 Å². The van der Waals surface area contributed by atoms with E-state index in [1.807, 2.05) is 6.07 Å². The smallest absolute Gasteiger partial charge is 0.330 e. The van der Waals surface area contributed by atoms with E-state index in [1.165, 1.54) is 9.47 Å². The molecule has 2 aromatic rings. The number of nitrogens with one attached hydrogen (secondary N) is 1. The number of H-pyrrole nitrogens is 1. The molecule has 0 spiro atoms. The lowest BCUT2D eigenvalue weighted by Crippen LogP contribution is -2.40. The number of nitrogens with zero attached hydrogens (tertiary/aromatic N) is 2. The molecule has 0 saturated heterocycles. The molecule has 1 aromatic heterocycles. The highest BCUT2D eigenvalue weighted by atomic mass is 16.5. The third kappa shape index (κ3) is 4.01. The molecule has 0 radical (unpaired) electrons. The summed E-state index contributed by atoms with van der Waals surface area (Å²) in [6.07, 6.45) is 4.09. The maximum Gasteiger partial charge on any atom is 0.330 e. The second-order valence-corrected chi connectivity index (χ2v) is 6.98. The zero-order valence-electron chi connectivity index (χ0n) is 16.0. The van der Waals surface area contributed by atoms with Crippen LogP contribution in [0.4, 0.5) is 17.2 Å². The Morgan fingerprint density at radius 1 is 1.25 bits per heavy atom. The highest BCUT2D eigenvalue weighted by Gasteiger charge is 2.32. The normalized spacial score (nSPS) is 14.3. The minimum atomic E-state index is -0.666. The molecule has 8 nitrogen and oxygen atoms in total. The van der Waals surface area contributed by atoms with E-state index < -0.39 is 11.2 Å². The van der Waals surface area contributed by atoms with E-state index >= 15 is 0 Å². The number of hydrogen-bond acceptors (Lipinski definition) is 5. The Morgan fingerprint density at radius 3 is 2.57 bits per heavy atom. The molecule has 0 atom stereocenters. The highest BCUT2D eigenvalue weighted by molar-refractivity contribution is 6.03. The van der Waals surface area contributed by atoms with Gasteiger partial charge in [-0.3, -0.25) is 24.0 Å². The fourth-order valence-corrected chi connectivity index (χ4v) is 3.68. The Balaban J connectivity index is 2.11. The van der Waals surface area contributed by atoms with Crippen molar-refractivity contribution in [1.29, 1.82) is 0 Å². The highest BCUT2D eigenvalue weighted by Crippen LogP contribution is 2.33. The minimum Gasteiger partial charge on any atom is -0.385 e. The molecule has 1 aromatic carbocycles. The van der Waals surface area contributed by atoms with Crippen LogP contribution in [0.25, 0.3) is 0 Å². The molecule has 0 aliphatic heterocycles. The van der Waals surface area contributed by atoms with Crippen LogP contribution < -0.4 is 21.9 Å². The molecule has 1 saturated carbocycles. The molecule has 0 bridgehead atoms. The van der Waals surface area contributed by atoms with Crippen LogP contribution in [0, 0.1) is 5.92 Å². The maximum absolute atomic E-state index is 13.3. The molecule has 28 heavy (non-hydrogen) atoms. The zero-order valence-corrected chi connectivity index (χ0v) is 16.0. The molecule has 8 heteroatoms. The van der Waals surface area contributed by atoms with Crippen molar-refractivity contribution < 1.29 is 9.53 Å². The SMILES string of the molecule is COCCCn1c(N)c(N(C(=O)C2CCCC2)c2ccccc2)c(=O)[nH]c1=O. The van der Waals surface area contributed by atoms with Crippen LogP contribution in [0.1, 0.15) is 32.1 Å². The topological polar surface area (TPSA) is 110 Å². The van der Waals surface area contributed by atoms with Crippen LogP contribution in [-0.4, -0.2) is 29.2 Å². The van der Waals surface area contributed by atoms with Crippen molar-refractivity contribution in [3.05, 3.63) is 51.2 Å². The number of carbonyl (C=O) groups is 1. The number of methoxy groups -OCH3 is 1. The van der Waals surface area contributed by atoms with Gasteiger partial charge in [0, 0.05) is 31.9 Å². The van der Waals surface area contributed by atoms with Crippen LogP contribution in [-0.2, 0) is 16.1 Å². The summed E-state index contributed by atoms with van der Waals surface area (Å²) >= 11 is 0. The second-order valence-electron chi connectivity index (χ2n) is 6.98. The molecular formula is C20H26N4O4. The van der Waals surface area contributed by atoms with E-state index in [0.717, 1.165) is 25.7 Å². The summed E-state index contributed by atoms with van der Waals surface area (Å²) in [6.45, 7) is 0.728. The largest absolute Gasteiger partial charge is 0.385 e. The molecular weight excluding hydrogens is 360 g/mol. The summed E-state index contributed by atoms with van der Waals surface area (Å²) in [7, 11) is 1.57. The molecule has 3 rings (SSSR count). The third-order valence-electron chi connectivity index (χ3n) is 5.11. The van der Waals surface area contributed by atoms with Gasteiger partial charge >= 0.3 is 5.69 Å². The lowest BCUT2D eigenvalue weighted by Gasteiger charge is -2.27. The number of nitrogen functional groups attached to an aromatic ring is 1. The van der Waals surface area contributed by atoms with Crippen molar-refractivity contribution in [1.82, 2.24) is 9.55 Å². The Bertz CT molecular complexity index is 929. The number of aromatic amines is 1. The average Bonchev–Trinajstić information content (AvgIpc) is 3.23. The van der Waals surface area contributed by atoms with Gasteiger partial charge in [-0.1, -0.05) is 31.0 Å². The molecule has 150 valence electrons. The standard InChI is InChI=1S/C20H26N4O4/c1-28-13-7-12-23-17(21)16(18(25)22-20(23)27)24(15-10-3-2-4-11-15)19(26)14-8-5-6-9-14/h2-4,10-11,14H,5-9,12-13,21H2,1H3,(H,22,25,27). The monoisotopic (exact) mass is 386 g/mol. The number of benzene rings is 1. The number of anilines is 3. The van der Waals surface area contributed by atoms with Crippen LogP contribution in [0.5, 0.6) is 0 Å². The van der Waals surface area contributed by atoms with Gasteiger partial charge in [0.15, 0.2) is 5.69 Å². The van der Waals surface area contributed by atoms with E-state index in [-0.39, 0.29) is 29.9 Å². The zero-order chi connectivity index (χ0) is 20.1. The van der Waals surface area contributed by atoms with E-state index in [9.17, 15) is 14.4 Å². The molecule has 0 unspecified atom stereocenters. The van der Waals surface area contributed by atoms with Gasteiger partial charge in [0.2, 0.25) is 5.91 Å². The quantitative estimate of drug-likeness (QED) is 0.707. The van der Waals surface area contributed by atoms with E-state index in [1.54, 1.807) is 31.4 Å². The summed E-state index contributed by atoms with van der Waals surface area (Å²) in [5, 5.41) is 0. The fraction of sp³-hybridized carbons (Fsp3) is 0.450. The second kappa shape index (κ2) is 8.88. The Hall–Kier alpha value is -2.87. The first-order chi connectivity index (χ1) is 13.5. The average molecular weight is 386 g/mol. The lowest BCUT2D eigenvalue weighted by molar-refractivity contribution is -0.121. The molecule has 1 aliphatic rings. The maximum atomic E-state index is 13.3. The number of carbonyl (C=O) groups excluding carboxylic acids is 1. The number of rotatable bonds is 7. The van der Waals surface area contributed by atoms with Gasteiger partial charge in [0.25, 0.3) is 5.56 Å². The first-order valence-corrected chi connectivity index (χ1v) is 9.55. The molecule has 3 N–H and O–H groups in total. The summed E-state index contributed by atoms with van der Waals surface area (Å²) in [4.78, 5) is 42.0. The molecule has 1 aliphatic carbocycles. The van der Waals surface area contributed by atoms with Crippen molar-refractivity contribution in [2.45, 2.75) is 38.6 Å². The van der Waals surface area contributed by atoms with Crippen molar-refractivity contribution in [3.63, 3.8) is 0 Å². The van der Waals surface area contributed by atoms with Gasteiger partial charge in [-0.2, -0.15) is 0 Å². The number of para-hydroxylation sites is 1. The Labute approximate surface area is 162 Å². The van der Waals surface area contributed by atoms with Crippen LogP contribution in [0.3, 0.4) is 0 Å². The molecule has 1 heterocycles.